The van der Waals surface area contributed by atoms with E-state index in [-0.39, 0.29) is 11.9 Å². The molecule has 1 fully saturated rings. The Morgan fingerprint density at radius 3 is 2.83 bits per heavy atom. The lowest BCUT2D eigenvalue weighted by molar-refractivity contribution is -0.161. The summed E-state index contributed by atoms with van der Waals surface area (Å²) in [7, 11) is 0. The zero-order chi connectivity index (χ0) is 9.14. The Bertz CT molecular complexity index is 199. The Morgan fingerprint density at radius 2 is 2.42 bits per heavy atom. The number of ether oxygens (including phenoxy) is 2. The van der Waals surface area contributed by atoms with Crippen molar-refractivity contribution in [3.8, 4) is 0 Å². The van der Waals surface area contributed by atoms with E-state index in [1.807, 2.05) is 0 Å². The Labute approximate surface area is 70.8 Å². The third kappa shape index (κ3) is 1.75. The van der Waals surface area contributed by atoms with Gasteiger partial charge in [0.25, 0.3) is 0 Å². The lowest BCUT2D eigenvalue weighted by Gasteiger charge is -2.06. The van der Waals surface area contributed by atoms with Gasteiger partial charge in [-0.2, -0.15) is 0 Å². The van der Waals surface area contributed by atoms with E-state index in [1.165, 1.54) is 0 Å². The van der Waals surface area contributed by atoms with Crippen LogP contribution in [0.25, 0.3) is 0 Å². The second-order valence-electron chi connectivity index (χ2n) is 2.81. The number of hydrogen-bond donors (Lipinski definition) is 0. The molecule has 12 heavy (non-hydrogen) atoms. The van der Waals surface area contributed by atoms with Gasteiger partial charge in [-0.05, 0) is 6.92 Å². The first-order valence-electron chi connectivity index (χ1n) is 4.02. The zero-order valence-corrected chi connectivity index (χ0v) is 7.20. The van der Waals surface area contributed by atoms with Gasteiger partial charge in [0.1, 0.15) is 0 Å². The Kier molecular flexibility index (Phi) is 2.68. The van der Waals surface area contributed by atoms with Crippen molar-refractivity contribution >= 4 is 11.9 Å². The summed E-state index contributed by atoms with van der Waals surface area (Å²) < 4.78 is 9.48. The maximum Gasteiger partial charge on any atom is 0.347 e. The van der Waals surface area contributed by atoms with Gasteiger partial charge in [0.05, 0.1) is 12.5 Å². The molecule has 1 saturated heterocycles. The van der Waals surface area contributed by atoms with Gasteiger partial charge in [-0.15, -0.1) is 0 Å². The summed E-state index contributed by atoms with van der Waals surface area (Å²) in [6.07, 6.45) is -0.232. The predicted octanol–water partition coefficient (Wildman–Crippen LogP) is 0.501. The summed E-state index contributed by atoms with van der Waals surface area (Å²) >= 11 is 0. The van der Waals surface area contributed by atoms with E-state index in [9.17, 15) is 9.59 Å². The van der Waals surface area contributed by atoms with Crippen molar-refractivity contribution < 1.29 is 19.1 Å². The van der Waals surface area contributed by atoms with Crippen molar-refractivity contribution in [2.45, 2.75) is 26.4 Å². The smallest absolute Gasteiger partial charge is 0.347 e. The quantitative estimate of drug-likeness (QED) is 0.569. The van der Waals surface area contributed by atoms with Gasteiger partial charge >= 0.3 is 11.9 Å². The molecule has 0 amide bonds. The van der Waals surface area contributed by atoms with Crippen molar-refractivity contribution in [1.82, 2.24) is 0 Å². The fourth-order valence-electron chi connectivity index (χ4n) is 1.10. The van der Waals surface area contributed by atoms with Crippen molar-refractivity contribution in [3.63, 3.8) is 0 Å². The van der Waals surface area contributed by atoms with E-state index in [1.54, 1.807) is 13.8 Å². The van der Waals surface area contributed by atoms with Crippen LogP contribution in [-0.2, 0) is 19.1 Å². The van der Waals surface area contributed by atoms with Crippen LogP contribution in [-0.4, -0.2) is 24.6 Å². The SMILES string of the molecule is CCOC(=O)[C@H]1C[C@@H](C)C(=O)O1. The van der Waals surface area contributed by atoms with Crippen molar-refractivity contribution in [3.05, 3.63) is 0 Å². The molecule has 0 N–H and O–H groups in total. The van der Waals surface area contributed by atoms with Crippen molar-refractivity contribution in [2.24, 2.45) is 5.92 Å². The molecule has 1 heterocycles. The number of cyclic esters (lactones) is 1. The summed E-state index contributed by atoms with van der Waals surface area (Å²) in [6.45, 7) is 3.78. The fourth-order valence-corrected chi connectivity index (χ4v) is 1.10. The summed E-state index contributed by atoms with van der Waals surface area (Å²) in [6, 6.07) is 0. The second-order valence-corrected chi connectivity index (χ2v) is 2.81. The highest BCUT2D eigenvalue weighted by atomic mass is 16.6. The van der Waals surface area contributed by atoms with Crippen LogP contribution in [0, 0.1) is 5.92 Å². The first-order chi connectivity index (χ1) is 5.65. The van der Waals surface area contributed by atoms with Gasteiger partial charge in [0.2, 0.25) is 0 Å². The second kappa shape index (κ2) is 3.56. The van der Waals surface area contributed by atoms with Crippen LogP contribution >= 0.6 is 0 Å². The molecule has 0 radical (unpaired) electrons. The monoisotopic (exact) mass is 172 g/mol. The maximum absolute atomic E-state index is 11.0. The van der Waals surface area contributed by atoms with Gasteiger partial charge in [-0.3, -0.25) is 4.79 Å². The Hall–Kier alpha value is -1.06. The van der Waals surface area contributed by atoms with E-state index in [4.69, 9.17) is 9.47 Å². The maximum atomic E-state index is 11.0. The van der Waals surface area contributed by atoms with Gasteiger partial charge in [-0.25, -0.2) is 4.79 Å². The van der Waals surface area contributed by atoms with E-state index >= 15 is 0 Å². The highest BCUT2D eigenvalue weighted by Gasteiger charge is 2.36. The minimum absolute atomic E-state index is 0.181. The van der Waals surface area contributed by atoms with Crippen LogP contribution in [0.5, 0.6) is 0 Å². The molecule has 2 atom stereocenters. The van der Waals surface area contributed by atoms with Crippen LogP contribution in [0.15, 0.2) is 0 Å². The van der Waals surface area contributed by atoms with Gasteiger partial charge in [-0.1, -0.05) is 6.92 Å². The van der Waals surface area contributed by atoms with Crippen molar-refractivity contribution in [2.75, 3.05) is 6.61 Å². The zero-order valence-electron chi connectivity index (χ0n) is 7.20. The molecule has 1 aliphatic heterocycles. The molecule has 0 spiro atoms. The summed E-state index contributed by atoms with van der Waals surface area (Å²) in [5.74, 6) is -0.928. The average Bonchev–Trinajstić information content (AvgIpc) is 2.33. The molecular formula is C8H12O4. The lowest BCUT2D eigenvalue weighted by atomic mass is 10.1. The summed E-state index contributed by atoms with van der Waals surface area (Å²) in [5.41, 5.74) is 0. The first-order valence-corrected chi connectivity index (χ1v) is 4.02. The van der Waals surface area contributed by atoms with Crippen LogP contribution in [0.1, 0.15) is 20.3 Å². The third-order valence-corrected chi connectivity index (χ3v) is 1.78. The molecule has 0 aromatic heterocycles. The summed E-state index contributed by atoms with van der Waals surface area (Å²) in [4.78, 5) is 21.9. The van der Waals surface area contributed by atoms with Crippen LogP contribution in [0.2, 0.25) is 0 Å². The molecular weight excluding hydrogens is 160 g/mol. The molecule has 0 aliphatic carbocycles. The number of rotatable bonds is 2. The normalized spacial score (nSPS) is 28.3. The van der Waals surface area contributed by atoms with Crippen LogP contribution in [0.4, 0.5) is 0 Å². The largest absolute Gasteiger partial charge is 0.463 e. The molecule has 0 unspecified atom stereocenters. The molecule has 0 aromatic rings. The van der Waals surface area contributed by atoms with Gasteiger partial charge in [0.15, 0.2) is 6.10 Å². The number of carbonyl (C=O) groups excluding carboxylic acids is 2. The third-order valence-electron chi connectivity index (χ3n) is 1.78. The van der Waals surface area contributed by atoms with Gasteiger partial charge in [0, 0.05) is 6.42 Å². The number of esters is 2. The molecule has 0 bridgehead atoms. The first kappa shape index (κ1) is 9.03. The van der Waals surface area contributed by atoms with Gasteiger partial charge < -0.3 is 9.47 Å². The van der Waals surface area contributed by atoms with E-state index in [0.717, 1.165) is 0 Å². The van der Waals surface area contributed by atoms with E-state index < -0.39 is 12.1 Å². The summed E-state index contributed by atoms with van der Waals surface area (Å²) in [5, 5.41) is 0. The van der Waals surface area contributed by atoms with Crippen LogP contribution in [0.3, 0.4) is 0 Å². The van der Waals surface area contributed by atoms with Crippen molar-refractivity contribution in [1.29, 1.82) is 0 Å². The molecule has 68 valence electrons. The Balaban J connectivity index is 2.46. The number of carbonyl (C=O) groups is 2. The fraction of sp³-hybridized carbons (Fsp3) is 0.750. The molecule has 1 rings (SSSR count). The lowest BCUT2D eigenvalue weighted by Crippen LogP contribution is -2.22. The highest BCUT2D eigenvalue weighted by Crippen LogP contribution is 2.21. The molecule has 1 aliphatic rings. The van der Waals surface area contributed by atoms with E-state index in [0.29, 0.717) is 13.0 Å². The molecule has 0 aromatic carbocycles. The average molecular weight is 172 g/mol. The number of hydrogen-bond acceptors (Lipinski definition) is 4. The van der Waals surface area contributed by atoms with E-state index in [2.05, 4.69) is 0 Å². The minimum Gasteiger partial charge on any atom is -0.463 e. The standard InChI is InChI=1S/C8H12O4/c1-3-11-8(10)6-4-5(2)7(9)12-6/h5-6H,3-4H2,1-2H3/t5-,6-/m1/s1. The molecule has 0 saturated carbocycles. The Morgan fingerprint density at radius 1 is 1.75 bits per heavy atom. The minimum atomic E-state index is -0.674. The topological polar surface area (TPSA) is 52.6 Å². The highest BCUT2D eigenvalue weighted by molar-refractivity contribution is 5.83. The molecule has 4 heteroatoms. The van der Waals surface area contributed by atoms with Crippen LogP contribution < -0.4 is 0 Å². The predicted molar refractivity (Wildman–Crippen MR) is 40.3 cm³/mol. The molecule has 4 nitrogen and oxygen atoms in total.